The van der Waals surface area contributed by atoms with E-state index in [1.165, 1.54) is 16.6 Å². The normalized spacial score (nSPS) is 11.2. The van der Waals surface area contributed by atoms with E-state index in [2.05, 4.69) is 31.2 Å². The second-order valence-electron chi connectivity index (χ2n) is 3.77. The maximum Gasteiger partial charge on any atom is 0.222 e. The summed E-state index contributed by atoms with van der Waals surface area (Å²) in [6.45, 7) is 3.89. The summed E-state index contributed by atoms with van der Waals surface area (Å²) in [5, 5.41) is 9.31. The van der Waals surface area contributed by atoms with Crippen molar-refractivity contribution >= 4 is 39.3 Å². The summed E-state index contributed by atoms with van der Waals surface area (Å²) in [6, 6.07) is 2.06. The molecule has 0 radical (unpaired) electrons. The number of thiophene rings is 1. The quantitative estimate of drug-likeness (QED) is 0.698. The molecule has 0 atom stereocenters. The van der Waals surface area contributed by atoms with Crippen LogP contribution in [0.2, 0.25) is 0 Å². The first-order valence-corrected chi connectivity index (χ1v) is 6.85. The van der Waals surface area contributed by atoms with Gasteiger partial charge in [-0.05, 0) is 31.7 Å². The van der Waals surface area contributed by atoms with E-state index in [0.29, 0.717) is 5.16 Å². The van der Waals surface area contributed by atoms with Gasteiger partial charge >= 0.3 is 0 Å². The van der Waals surface area contributed by atoms with E-state index < -0.39 is 0 Å². The van der Waals surface area contributed by atoms with Crippen LogP contribution in [0.15, 0.2) is 16.2 Å². The molecule has 3 aromatic rings. The number of nitrogens with zero attached hydrogens (tertiary/aromatic N) is 4. The van der Waals surface area contributed by atoms with Gasteiger partial charge in [0.05, 0.1) is 0 Å². The zero-order valence-corrected chi connectivity index (χ0v) is 11.4. The molecule has 0 aliphatic heterocycles. The van der Waals surface area contributed by atoms with Gasteiger partial charge in [-0.2, -0.15) is 0 Å². The Morgan fingerprint density at radius 3 is 2.83 bits per heavy atom. The van der Waals surface area contributed by atoms with Crippen molar-refractivity contribution in [1.82, 2.24) is 25.1 Å². The van der Waals surface area contributed by atoms with Crippen molar-refractivity contribution in [3.8, 4) is 0 Å². The number of anilines is 1. The van der Waals surface area contributed by atoms with Crippen molar-refractivity contribution in [2.75, 3.05) is 5.73 Å². The molecule has 0 amide bonds. The molecule has 18 heavy (non-hydrogen) atoms. The SMILES string of the molecule is Cc1nc(Sc2nc(N)nc3sc(C)cc23)n[nH]1. The van der Waals surface area contributed by atoms with E-state index in [4.69, 9.17) is 5.73 Å². The van der Waals surface area contributed by atoms with Crippen LogP contribution < -0.4 is 5.73 Å². The Labute approximate surface area is 111 Å². The van der Waals surface area contributed by atoms with Crippen LogP contribution in [0.3, 0.4) is 0 Å². The number of hydrogen-bond acceptors (Lipinski definition) is 7. The zero-order valence-electron chi connectivity index (χ0n) is 9.76. The minimum Gasteiger partial charge on any atom is -0.368 e. The highest BCUT2D eigenvalue weighted by Gasteiger charge is 2.12. The Balaban J connectivity index is 2.10. The first-order chi connectivity index (χ1) is 8.61. The summed E-state index contributed by atoms with van der Waals surface area (Å²) < 4.78 is 0. The van der Waals surface area contributed by atoms with Gasteiger partial charge in [0.15, 0.2) is 0 Å². The number of nitrogens with one attached hydrogen (secondary N) is 1. The first kappa shape index (κ1) is 11.4. The van der Waals surface area contributed by atoms with Crippen molar-refractivity contribution < 1.29 is 0 Å². The second kappa shape index (κ2) is 4.21. The first-order valence-electron chi connectivity index (χ1n) is 5.22. The molecule has 0 aliphatic carbocycles. The number of nitrogen functional groups attached to an aromatic ring is 1. The highest BCUT2D eigenvalue weighted by atomic mass is 32.2. The average molecular weight is 278 g/mol. The summed E-state index contributed by atoms with van der Waals surface area (Å²) in [4.78, 5) is 14.8. The molecule has 0 bridgehead atoms. The van der Waals surface area contributed by atoms with Crippen LogP contribution in [-0.2, 0) is 0 Å². The van der Waals surface area contributed by atoms with E-state index in [1.807, 2.05) is 13.8 Å². The number of aromatic amines is 1. The lowest BCUT2D eigenvalue weighted by atomic mass is 10.4. The fourth-order valence-electron chi connectivity index (χ4n) is 1.56. The lowest BCUT2D eigenvalue weighted by Gasteiger charge is -1.99. The van der Waals surface area contributed by atoms with Gasteiger partial charge < -0.3 is 5.73 Å². The Kier molecular flexibility index (Phi) is 2.67. The molecule has 0 saturated heterocycles. The summed E-state index contributed by atoms with van der Waals surface area (Å²) in [6.07, 6.45) is 0. The lowest BCUT2D eigenvalue weighted by Crippen LogP contribution is -1.95. The van der Waals surface area contributed by atoms with E-state index in [1.54, 1.807) is 11.3 Å². The van der Waals surface area contributed by atoms with E-state index in [0.717, 1.165) is 21.1 Å². The molecule has 0 spiro atoms. The Bertz CT molecular complexity index is 716. The molecule has 0 saturated carbocycles. The molecule has 8 heteroatoms. The van der Waals surface area contributed by atoms with Crippen molar-refractivity contribution in [1.29, 1.82) is 0 Å². The van der Waals surface area contributed by atoms with Crippen LogP contribution in [0.25, 0.3) is 10.2 Å². The lowest BCUT2D eigenvalue weighted by molar-refractivity contribution is 0.965. The zero-order chi connectivity index (χ0) is 12.7. The molecule has 0 fully saturated rings. The van der Waals surface area contributed by atoms with Gasteiger partial charge in [0.2, 0.25) is 11.1 Å². The third-order valence-electron chi connectivity index (χ3n) is 2.26. The average Bonchev–Trinajstić information content (AvgIpc) is 2.84. The van der Waals surface area contributed by atoms with Crippen LogP contribution in [-0.4, -0.2) is 25.1 Å². The van der Waals surface area contributed by atoms with Gasteiger partial charge in [0, 0.05) is 10.3 Å². The topological polar surface area (TPSA) is 93.4 Å². The minimum atomic E-state index is 0.277. The number of nitrogens with two attached hydrogens (primary N) is 1. The van der Waals surface area contributed by atoms with Crippen molar-refractivity contribution in [3.63, 3.8) is 0 Å². The fraction of sp³-hybridized carbons (Fsp3) is 0.200. The molecule has 0 aliphatic rings. The highest BCUT2D eigenvalue weighted by molar-refractivity contribution is 7.99. The van der Waals surface area contributed by atoms with Crippen molar-refractivity contribution in [3.05, 3.63) is 16.8 Å². The third-order valence-corrected chi connectivity index (χ3v) is 4.08. The number of aromatic nitrogens is 5. The summed E-state index contributed by atoms with van der Waals surface area (Å²) in [5.74, 6) is 1.05. The van der Waals surface area contributed by atoms with Gasteiger partial charge in [-0.15, -0.1) is 16.4 Å². The Morgan fingerprint density at radius 2 is 2.11 bits per heavy atom. The Morgan fingerprint density at radius 1 is 1.28 bits per heavy atom. The smallest absolute Gasteiger partial charge is 0.222 e. The van der Waals surface area contributed by atoms with Crippen LogP contribution in [0.5, 0.6) is 0 Å². The van der Waals surface area contributed by atoms with E-state index in [9.17, 15) is 0 Å². The third kappa shape index (κ3) is 2.04. The monoisotopic (exact) mass is 278 g/mol. The van der Waals surface area contributed by atoms with E-state index >= 15 is 0 Å². The van der Waals surface area contributed by atoms with Crippen molar-refractivity contribution in [2.45, 2.75) is 24.0 Å². The van der Waals surface area contributed by atoms with Gasteiger partial charge in [0.1, 0.15) is 15.7 Å². The summed E-state index contributed by atoms with van der Waals surface area (Å²) in [7, 11) is 0. The molecule has 3 rings (SSSR count). The van der Waals surface area contributed by atoms with Crippen LogP contribution in [0.1, 0.15) is 10.7 Å². The molecule has 3 aromatic heterocycles. The van der Waals surface area contributed by atoms with Crippen molar-refractivity contribution in [2.24, 2.45) is 0 Å². The van der Waals surface area contributed by atoms with Gasteiger partial charge in [-0.25, -0.2) is 15.0 Å². The molecule has 0 aromatic carbocycles. The molecule has 0 unspecified atom stereocenters. The van der Waals surface area contributed by atoms with Crippen LogP contribution in [0.4, 0.5) is 5.95 Å². The number of fused-ring (bicyclic) bond motifs is 1. The van der Waals surface area contributed by atoms with Crippen LogP contribution >= 0.6 is 23.1 Å². The Hall–Kier alpha value is -1.67. The van der Waals surface area contributed by atoms with Gasteiger partial charge in [-0.3, -0.25) is 5.10 Å². The molecule has 3 heterocycles. The predicted molar refractivity (Wildman–Crippen MR) is 71.8 cm³/mol. The molecular weight excluding hydrogens is 268 g/mol. The van der Waals surface area contributed by atoms with E-state index in [-0.39, 0.29) is 5.95 Å². The summed E-state index contributed by atoms with van der Waals surface area (Å²) in [5.41, 5.74) is 5.72. The standard InChI is InChI=1S/C10H10N6S2/c1-4-3-6-7(17-4)13-9(11)14-8(6)18-10-12-5(2)15-16-10/h3H,1-2H3,(H2,11,13,14)(H,12,15,16). The fourth-order valence-corrected chi connectivity index (χ4v) is 3.37. The number of H-pyrrole nitrogens is 1. The molecule has 3 N–H and O–H groups in total. The van der Waals surface area contributed by atoms with Gasteiger partial charge in [-0.1, -0.05) is 0 Å². The van der Waals surface area contributed by atoms with Gasteiger partial charge in [0.25, 0.3) is 0 Å². The maximum absolute atomic E-state index is 5.72. The number of hydrogen-bond donors (Lipinski definition) is 2. The van der Waals surface area contributed by atoms with Crippen LogP contribution in [0, 0.1) is 13.8 Å². The predicted octanol–water partition coefficient (Wildman–Crippen LogP) is 2.16. The number of aryl methyl sites for hydroxylation is 2. The molecule has 92 valence electrons. The minimum absolute atomic E-state index is 0.277. The molecular formula is C10H10N6S2. The largest absolute Gasteiger partial charge is 0.368 e. The molecule has 6 nitrogen and oxygen atoms in total. The second-order valence-corrected chi connectivity index (χ2v) is 5.96. The summed E-state index contributed by atoms with van der Waals surface area (Å²) >= 11 is 2.99. The maximum atomic E-state index is 5.72. The number of rotatable bonds is 2. The highest BCUT2D eigenvalue weighted by Crippen LogP contribution is 2.33.